The Bertz CT molecular complexity index is 1470. The van der Waals surface area contributed by atoms with Gasteiger partial charge in [-0.15, -0.1) is 0 Å². The van der Waals surface area contributed by atoms with Crippen LogP contribution in [0.3, 0.4) is 0 Å². The second-order valence-corrected chi connectivity index (χ2v) is 11.0. The Labute approximate surface area is 206 Å². The first kappa shape index (κ1) is 23.7. The Kier molecular flexibility index (Phi) is 6.25. The fourth-order valence-corrected chi connectivity index (χ4v) is 5.74. The number of nitrogens with one attached hydrogen (secondary N) is 1. The monoisotopic (exact) mass is 517 g/mol. The highest BCUT2D eigenvalue weighted by Gasteiger charge is 2.38. The number of hydrogen-bond acceptors (Lipinski definition) is 4. The quantitative estimate of drug-likeness (QED) is 0.333. The summed E-state index contributed by atoms with van der Waals surface area (Å²) < 4.78 is 62.6. The van der Waals surface area contributed by atoms with E-state index in [-0.39, 0.29) is 10.8 Å². The van der Waals surface area contributed by atoms with Gasteiger partial charge in [0.25, 0.3) is 0 Å². The molecule has 1 saturated carbocycles. The molecule has 1 fully saturated rings. The molecule has 0 aliphatic heterocycles. The zero-order valence-corrected chi connectivity index (χ0v) is 20.2. The van der Waals surface area contributed by atoms with Gasteiger partial charge in [0.1, 0.15) is 23.5 Å². The van der Waals surface area contributed by atoms with Crippen molar-refractivity contribution in [2.45, 2.75) is 37.2 Å². The molecular formula is C25H22ClF2N3O3S. The summed E-state index contributed by atoms with van der Waals surface area (Å²) in [5.74, 6) is -0.437. The van der Waals surface area contributed by atoms with Gasteiger partial charge >= 0.3 is 0 Å². The average molecular weight is 518 g/mol. The number of fused-ring (bicyclic) bond motifs is 1. The Balaban J connectivity index is 1.49. The molecule has 5 rings (SSSR count). The Morgan fingerprint density at radius 3 is 2.31 bits per heavy atom. The van der Waals surface area contributed by atoms with Gasteiger partial charge in [0.15, 0.2) is 0 Å². The number of hydrogen-bond donors (Lipinski definition) is 1. The van der Waals surface area contributed by atoms with E-state index < -0.39 is 33.2 Å². The summed E-state index contributed by atoms with van der Waals surface area (Å²) in [5, 5.41) is 4.99. The summed E-state index contributed by atoms with van der Waals surface area (Å²) in [6, 6.07) is 14.4. The van der Waals surface area contributed by atoms with Gasteiger partial charge in [-0.2, -0.15) is 5.10 Å². The van der Waals surface area contributed by atoms with E-state index in [1.165, 1.54) is 24.3 Å². The van der Waals surface area contributed by atoms with E-state index in [9.17, 15) is 17.2 Å². The summed E-state index contributed by atoms with van der Waals surface area (Å²) in [7, 11) is -3.49. The summed E-state index contributed by atoms with van der Waals surface area (Å²) in [5.41, 5.74) is 1.95. The maximum atomic E-state index is 13.6. The van der Waals surface area contributed by atoms with E-state index >= 15 is 0 Å². The topological polar surface area (TPSA) is 73.2 Å². The molecule has 0 radical (unpaired) electrons. The van der Waals surface area contributed by atoms with E-state index in [0.29, 0.717) is 35.4 Å². The third kappa shape index (κ3) is 5.03. The van der Waals surface area contributed by atoms with Crippen LogP contribution in [-0.4, -0.2) is 29.5 Å². The first-order chi connectivity index (χ1) is 16.7. The molecule has 1 N–H and O–H groups in total. The number of ether oxygens (including phenoxy) is 1. The third-order valence-electron chi connectivity index (χ3n) is 5.91. The summed E-state index contributed by atoms with van der Waals surface area (Å²) in [6.07, 6.45) is 2.12. The average Bonchev–Trinajstić information content (AvgIpc) is 3.61. The van der Waals surface area contributed by atoms with Gasteiger partial charge in [0.05, 0.1) is 33.7 Å². The molecule has 3 aromatic carbocycles. The van der Waals surface area contributed by atoms with Crippen LogP contribution in [0, 0.1) is 11.6 Å². The lowest BCUT2D eigenvalue weighted by molar-refractivity contribution is 0.173. The molecule has 1 heterocycles. The Morgan fingerprint density at radius 1 is 1.06 bits per heavy atom. The molecule has 182 valence electrons. The first-order valence-electron chi connectivity index (χ1n) is 11.1. The molecule has 35 heavy (non-hydrogen) atoms. The van der Waals surface area contributed by atoms with Crippen LogP contribution in [0.25, 0.3) is 16.6 Å². The fourth-order valence-electron chi connectivity index (χ4n) is 3.95. The fraction of sp³-hybridized carbons (Fsp3) is 0.240. The number of nitrogens with zero attached hydrogens (tertiary/aromatic N) is 2. The Morgan fingerprint density at radius 2 is 1.69 bits per heavy atom. The molecule has 0 amide bonds. The van der Waals surface area contributed by atoms with E-state index in [4.69, 9.17) is 16.3 Å². The molecular weight excluding hydrogens is 496 g/mol. The van der Waals surface area contributed by atoms with Gasteiger partial charge < -0.3 is 4.74 Å². The molecule has 6 nitrogen and oxygen atoms in total. The molecule has 1 aliphatic carbocycles. The normalized spacial score (nSPS) is 15.8. The molecule has 0 unspecified atom stereocenters. The van der Waals surface area contributed by atoms with Crippen LogP contribution >= 0.6 is 11.6 Å². The van der Waals surface area contributed by atoms with Crippen molar-refractivity contribution in [1.82, 2.24) is 14.5 Å². The van der Waals surface area contributed by atoms with Gasteiger partial charge in [0, 0.05) is 5.39 Å². The van der Waals surface area contributed by atoms with Crippen molar-refractivity contribution in [3.63, 3.8) is 0 Å². The molecule has 0 spiro atoms. The summed E-state index contributed by atoms with van der Waals surface area (Å²) in [4.78, 5) is 0. The second-order valence-electron chi connectivity index (χ2n) is 8.62. The van der Waals surface area contributed by atoms with E-state index in [1.807, 2.05) is 0 Å². The molecule has 1 aromatic heterocycles. The number of benzene rings is 3. The zero-order valence-electron chi connectivity index (χ0n) is 18.7. The predicted molar refractivity (Wildman–Crippen MR) is 130 cm³/mol. The van der Waals surface area contributed by atoms with Crippen molar-refractivity contribution in [2.75, 3.05) is 0 Å². The SMILES string of the molecule is C[C@@H](NS(=O)(=O)C1CC1)[C@H](Oc1cc2cnn(-c3ccc(F)cc3)c2cc1Cl)c1ccc(F)cc1. The van der Waals surface area contributed by atoms with Crippen LogP contribution in [0.5, 0.6) is 5.75 Å². The number of halogens is 3. The summed E-state index contributed by atoms with van der Waals surface area (Å²) >= 11 is 6.58. The number of rotatable bonds is 8. The van der Waals surface area contributed by atoms with Crippen molar-refractivity contribution in [1.29, 1.82) is 0 Å². The van der Waals surface area contributed by atoms with Crippen LogP contribution in [0.15, 0.2) is 66.9 Å². The van der Waals surface area contributed by atoms with Gasteiger partial charge in [-0.25, -0.2) is 26.6 Å². The highest BCUT2D eigenvalue weighted by atomic mass is 35.5. The molecule has 0 bridgehead atoms. The van der Waals surface area contributed by atoms with Gasteiger partial charge in [0.2, 0.25) is 10.0 Å². The van der Waals surface area contributed by atoms with E-state index in [0.717, 1.165) is 5.39 Å². The zero-order chi connectivity index (χ0) is 24.7. The van der Waals surface area contributed by atoms with E-state index in [2.05, 4.69) is 9.82 Å². The minimum atomic E-state index is -3.49. The highest BCUT2D eigenvalue weighted by molar-refractivity contribution is 7.90. The van der Waals surface area contributed by atoms with Crippen LogP contribution in [-0.2, 0) is 10.0 Å². The van der Waals surface area contributed by atoms with Crippen molar-refractivity contribution in [3.05, 3.63) is 89.1 Å². The molecule has 10 heteroatoms. The van der Waals surface area contributed by atoms with Crippen LogP contribution in [0.4, 0.5) is 8.78 Å². The van der Waals surface area contributed by atoms with E-state index in [1.54, 1.807) is 54.2 Å². The van der Waals surface area contributed by atoms with Crippen molar-refractivity contribution < 1.29 is 21.9 Å². The van der Waals surface area contributed by atoms with Crippen molar-refractivity contribution in [2.24, 2.45) is 0 Å². The largest absolute Gasteiger partial charge is 0.482 e. The van der Waals surface area contributed by atoms with Gasteiger partial charge in [-0.3, -0.25) is 0 Å². The third-order valence-corrected chi connectivity index (χ3v) is 8.26. The number of sulfonamides is 1. The maximum absolute atomic E-state index is 13.6. The lowest BCUT2D eigenvalue weighted by Crippen LogP contribution is -2.40. The lowest BCUT2D eigenvalue weighted by atomic mass is 10.0. The highest BCUT2D eigenvalue weighted by Crippen LogP contribution is 2.36. The molecule has 1 aliphatic rings. The Hall–Kier alpha value is -3.01. The van der Waals surface area contributed by atoms with Crippen LogP contribution < -0.4 is 9.46 Å². The summed E-state index contributed by atoms with van der Waals surface area (Å²) in [6.45, 7) is 1.70. The molecule has 2 atom stereocenters. The van der Waals surface area contributed by atoms with Gasteiger partial charge in [-0.05, 0) is 73.9 Å². The first-order valence-corrected chi connectivity index (χ1v) is 13.0. The van der Waals surface area contributed by atoms with Crippen LogP contribution in [0.2, 0.25) is 5.02 Å². The minimum absolute atomic E-state index is 0.283. The van der Waals surface area contributed by atoms with Crippen molar-refractivity contribution in [3.8, 4) is 11.4 Å². The second kappa shape index (κ2) is 9.22. The van der Waals surface area contributed by atoms with Gasteiger partial charge in [-0.1, -0.05) is 23.7 Å². The molecule has 0 saturated heterocycles. The minimum Gasteiger partial charge on any atom is -0.482 e. The lowest BCUT2D eigenvalue weighted by Gasteiger charge is -2.27. The predicted octanol–water partition coefficient (Wildman–Crippen LogP) is 5.55. The molecule has 4 aromatic rings. The van der Waals surface area contributed by atoms with Crippen LogP contribution in [0.1, 0.15) is 31.4 Å². The van der Waals surface area contributed by atoms with Crippen molar-refractivity contribution >= 4 is 32.5 Å². The standard InChI is InChI=1S/C25H22ClF2N3O3S/c1-15(30-35(32,33)21-10-11-21)25(16-2-4-18(27)5-3-16)34-24-12-17-14-29-31(23(17)13-22(24)26)20-8-6-19(28)7-9-20/h2-9,12-15,21,25,30H,10-11H2,1H3/t15-,25+/m1/s1. The number of aromatic nitrogens is 2. The smallest absolute Gasteiger partial charge is 0.214 e. The maximum Gasteiger partial charge on any atom is 0.214 e.